The molecule has 0 bridgehead atoms. The first kappa shape index (κ1) is 10.6. The molecule has 5 nitrogen and oxygen atoms in total. The van der Waals surface area contributed by atoms with Crippen LogP contribution in [0, 0.1) is 0 Å². The number of nitrogens with zero attached hydrogens (tertiary/aromatic N) is 4. The number of fused-ring (bicyclic) bond motifs is 1. The molecule has 0 aliphatic carbocycles. The van der Waals surface area contributed by atoms with Crippen LogP contribution in [0.3, 0.4) is 0 Å². The van der Waals surface area contributed by atoms with Gasteiger partial charge in [0.1, 0.15) is 0 Å². The molecule has 0 aromatic carbocycles. The Bertz CT molecular complexity index is 331. The predicted molar refractivity (Wildman–Crippen MR) is 42.8 cm³/mol. The standard InChI is InChI=1S/C7H12N4O.Re/c1-2-10-3-4-11-6(5-10)8-9-7(11)12;/h2-5H2,1H3,(H,9,12);/p-1. The van der Waals surface area contributed by atoms with Gasteiger partial charge >= 0.3 is 0 Å². The van der Waals surface area contributed by atoms with Crippen molar-refractivity contribution in [2.24, 2.45) is 0 Å². The van der Waals surface area contributed by atoms with Crippen molar-refractivity contribution in [3.63, 3.8) is 0 Å². The molecule has 6 heteroatoms. The van der Waals surface area contributed by atoms with E-state index in [4.69, 9.17) is 0 Å². The number of hydrogen-bond acceptors (Lipinski definition) is 3. The molecule has 2 rings (SSSR count). The summed E-state index contributed by atoms with van der Waals surface area (Å²) in [6.45, 7) is 5.52. The molecule has 73 valence electrons. The average Bonchev–Trinajstić information content (AvgIpc) is 2.47. The minimum atomic E-state index is -0.208. The summed E-state index contributed by atoms with van der Waals surface area (Å²) >= 11 is 0. The molecule has 1 aromatic heterocycles. The summed E-state index contributed by atoms with van der Waals surface area (Å²) in [5, 5.41) is 7.31. The van der Waals surface area contributed by atoms with Crippen LogP contribution < -0.4 is 10.8 Å². The Hall–Kier alpha value is -0.438. The van der Waals surface area contributed by atoms with Crippen LogP contribution in [0.25, 0.3) is 0 Å². The average molecular weight is 353 g/mol. The molecule has 0 saturated carbocycles. The van der Waals surface area contributed by atoms with E-state index < -0.39 is 0 Å². The molecule has 0 N–H and O–H groups in total. The van der Waals surface area contributed by atoms with Crippen LogP contribution in [-0.2, 0) is 33.5 Å². The van der Waals surface area contributed by atoms with Crippen LogP contribution in [0.15, 0.2) is 4.79 Å². The van der Waals surface area contributed by atoms with Crippen molar-refractivity contribution in [1.82, 2.24) is 19.7 Å². The largest absolute Gasteiger partial charge is 0.396 e. The Morgan fingerprint density at radius 1 is 1.54 bits per heavy atom. The van der Waals surface area contributed by atoms with E-state index in [2.05, 4.69) is 22.0 Å². The zero-order valence-electron chi connectivity index (χ0n) is 7.40. The molecule has 13 heavy (non-hydrogen) atoms. The third kappa shape index (κ3) is 1.90. The molecule has 0 spiro atoms. The van der Waals surface area contributed by atoms with Gasteiger partial charge < -0.3 is 9.67 Å². The Balaban J connectivity index is 0.000000845. The summed E-state index contributed by atoms with van der Waals surface area (Å²) in [5.41, 5.74) is -0.208. The Morgan fingerprint density at radius 2 is 2.31 bits per heavy atom. The normalized spacial score (nSPS) is 16.4. The predicted octanol–water partition coefficient (Wildman–Crippen LogP) is -0.967. The summed E-state index contributed by atoms with van der Waals surface area (Å²) in [6, 6.07) is 0. The summed E-state index contributed by atoms with van der Waals surface area (Å²) in [5.74, 6) is 0.799. The second-order valence-electron chi connectivity index (χ2n) is 2.92. The maximum Gasteiger partial charge on any atom is 0.178 e. The molecule has 1 aliphatic rings. The zero-order valence-corrected chi connectivity index (χ0v) is 10.1. The van der Waals surface area contributed by atoms with Crippen LogP contribution in [0.5, 0.6) is 0 Å². The van der Waals surface area contributed by atoms with Crippen molar-refractivity contribution in [3.05, 3.63) is 16.3 Å². The van der Waals surface area contributed by atoms with Crippen molar-refractivity contribution in [3.8, 4) is 0 Å². The van der Waals surface area contributed by atoms with Gasteiger partial charge in [0, 0.05) is 32.8 Å². The van der Waals surface area contributed by atoms with E-state index in [1.807, 2.05) is 0 Å². The SMILES string of the molecule is CCN1CCn2c(n[n-]c2=O)C1.[Re]. The first-order valence-electron chi connectivity index (χ1n) is 4.12. The van der Waals surface area contributed by atoms with Gasteiger partial charge in [-0.05, 0) is 19.6 Å². The molecule has 1 radical (unpaired) electrons. The third-order valence-electron chi connectivity index (χ3n) is 2.25. The number of rotatable bonds is 1. The Labute approximate surface area is 89.8 Å². The summed E-state index contributed by atoms with van der Waals surface area (Å²) in [6.07, 6.45) is 0. The smallest absolute Gasteiger partial charge is 0.178 e. The molecular weight excluding hydrogens is 342 g/mol. The van der Waals surface area contributed by atoms with E-state index in [0.29, 0.717) is 0 Å². The minimum absolute atomic E-state index is 0. The van der Waals surface area contributed by atoms with Crippen molar-refractivity contribution < 1.29 is 20.4 Å². The second-order valence-corrected chi connectivity index (χ2v) is 2.92. The molecule has 0 unspecified atom stereocenters. The van der Waals surface area contributed by atoms with Crippen LogP contribution >= 0.6 is 0 Å². The number of hydrogen-bond donors (Lipinski definition) is 0. The Kier molecular flexibility index (Phi) is 3.42. The van der Waals surface area contributed by atoms with Crippen molar-refractivity contribution in [2.45, 2.75) is 20.0 Å². The van der Waals surface area contributed by atoms with Crippen LogP contribution in [0.1, 0.15) is 12.7 Å². The van der Waals surface area contributed by atoms with Gasteiger partial charge in [-0.15, -0.1) is 0 Å². The molecule has 1 aliphatic heterocycles. The van der Waals surface area contributed by atoms with Gasteiger partial charge in [-0.1, -0.05) is 6.92 Å². The van der Waals surface area contributed by atoms with E-state index in [1.54, 1.807) is 4.57 Å². The van der Waals surface area contributed by atoms with Gasteiger partial charge in [-0.25, -0.2) is 0 Å². The molecule has 1 aromatic rings. The van der Waals surface area contributed by atoms with Crippen molar-refractivity contribution in [1.29, 1.82) is 0 Å². The molecular formula is C7H11N4ORe-. The van der Waals surface area contributed by atoms with Crippen LogP contribution in [-0.4, -0.2) is 27.7 Å². The van der Waals surface area contributed by atoms with E-state index >= 15 is 0 Å². The monoisotopic (exact) mass is 354 g/mol. The molecule has 0 saturated heterocycles. The van der Waals surface area contributed by atoms with E-state index in [9.17, 15) is 4.79 Å². The fourth-order valence-corrected chi connectivity index (χ4v) is 1.45. The van der Waals surface area contributed by atoms with Gasteiger partial charge in [0.05, 0.1) is 0 Å². The first-order chi connectivity index (χ1) is 5.81. The summed E-state index contributed by atoms with van der Waals surface area (Å²) in [7, 11) is 0. The maximum atomic E-state index is 11.0. The van der Waals surface area contributed by atoms with Gasteiger partial charge in [0.2, 0.25) is 0 Å². The van der Waals surface area contributed by atoms with Gasteiger partial charge in [-0.2, -0.15) is 0 Å². The first-order valence-corrected chi connectivity index (χ1v) is 4.12. The zero-order chi connectivity index (χ0) is 8.55. The van der Waals surface area contributed by atoms with Crippen LogP contribution in [0.4, 0.5) is 0 Å². The number of aromatic nitrogens is 3. The van der Waals surface area contributed by atoms with E-state index in [0.717, 1.165) is 32.0 Å². The molecule has 0 fully saturated rings. The van der Waals surface area contributed by atoms with Crippen LogP contribution in [0.2, 0.25) is 0 Å². The fraction of sp³-hybridized carbons (Fsp3) is 0.714. The summed E-state index contributed by atoms with van der Waals surface area (Å²) in [4.78, 5) is 13.3. The molecule has 2 heterocycles. The number of likely N-dealkylation sites (N-methyl/N-ethyl adjacent to an activating group) is 1. The second kappa shape index (κ2) is 4.18. The summed E-state index contributed by atoms with van der Waals surface area (Å²) < 4.78 is 1.64. The van der Waals surface area contributed by atoms with E-state index in [1.165, 1.54) is 0 Å². The van der Waals surface area contributed by atoms with Crippen molar-refractivity contribution >= 4 is 0 Å². The van der Waals surface area contributed by atoms with Crippen molar-refractivity contribution in [2.75, 3.05) is 13.1 Å². The third-order valence-corrected chi connectivity index (χ3v) is 2.25. The topological polar surface area (TPSA) is 52.2 Å². The Morgan fingerprint density at radius 3 is 3.00 bits per heavy atom. The molecule has 0 atom stereocenters. The fourth-order valence-electron chi connectivity index (χ4n) is 1.45. The van der Waals surface area contributed by atoms with E-state index in [-0.39, 0.29) is 26.1 Å². The van der Waals surface area contributed by atoms with Gasteiger partial charge in [0.25, 0.3) is 0 Å². The molecule has 0 amide bonds. The quantitative estimate of drug-likeness (QED) is 0.652. The van der Waals surface area contributed by atoms with Gasteiger partial charge in [0.15, 0.2) is 5.69 Å². The maximum absolute atomic E-state index is 11.0. The van der Waals surface area contributed by atoms with Gasteiger partial charge in [-0.3, -0.25) is 14.8 Å². The minimum Gasteiger partial charge on any atom is -0.396 e.